The maximum absolute atomic E-state index is 13.4. The van der Waals surface area contributed by atoms with Gasteiger partial charge in [0, 0.05) is 33.4 Å². The summed E-state index contributed by atoms with van der Waals surface area (Å²) in [6.07, 6.45) is 9.12. The van der Waals surface area contributed by atoms with E-state index in [1.54, 1.807) is 30.5 Å². The second kappa shape index (κ2) is 15.4. The van der Waals surface area contributed by atoms with Crippen molar-refractivity contribution in [3.63, 3.8) is 0 Å². The number of benzene rings is 2. The Morgan fingerprint density at radius 1 is 0.528 bits per heavy atom. The molecule has 0 fully saturated rings. The van der Waals surface area contributed by atoms with Crippen molar-refractivity contribution >= 4 is 69.3 Å². The van der Waals surface area contributed by atoms with Crippen LogP contribution in [0.15, 0.2) is 114 Å². The molecular formula is C43H48Cl4N4O2. The molecule has 2 aromatic rings. The Morgan fingerprint density at radius 3 is 1.26 bits per heavy atom. The molecule has 0 radical (unpaired) electrons. The molecule has 2 aromatic carbocycles. The molecule has 53 heavy (non-hydrogen) atoms. The topological polar surface area (TPSA) is 83.6 Å². The average Bonchev–Trinajstić information content (AvgIpc) is 3.01. The van der Waals surface area contributed by atoms with E-state index in [0.29, 0.717) is 59.4 Å². The minimum absolute atomic E-state index is 0.0456. The van der Waals surface area contributed by atoms with Gasteiger partial charge in [0.25, 0.3) is 0 Å². The summed E-state index contributed by atoms with van der Waals surface area (Å²) >= 11 is 26.9. The van der Waals surface area contributed by atoms with E-state index in [2.05, 4.69) is 20.5 Å². The number of hydrogen-bond donors (Lipinski definition) is 0. The highest BCUT2D eigenvalue weighted by Gasteiger charge is 2.35. The molecule has 10 heteroatoms. The van der Waals surface area contributed by atoms with E-state index in [1.807, 2.05) is 114 Å². The summed E-state index contributed by atoms with van der Waals surface area (Å²) in [6, 6.07) is 6.56. The van der Waals surface area contributed by atoms with E-state index >= 15 is 0 Å². The van der Waals surface area contributed by atoms with Crippen LogP contribution in [0.1, 0.15) is 90.0 Å². The molecule has 2 aliphatic rings. The molecule has 0 aromatic heterocycles. The predicted octanol–water partition coefficient (Wildman–Crippen LogP) is 15.3. The van der Waals surface area contributed by atoms with Crippen LogP contribution in [0.3, 0.4) is 0 Å². The summed E-state index contributed by atoms with van der Waals surface area (Å²) in [6.45, 7) is 26.1. The summed E-state index contributed by atoms with van der Waals surface area (Å²) in [5, 5.41) is 18.8. The minimum atomic E-state index is -0.348. The molecule has 0 saturated carbocycles. The largest absolute Gasteiger partial charge is 0.289 e. The van der Waals surface area contributed by atoms with Gasteiger partial charge in [0.15, 0.2) is 11.6 Å². The molecule has 6 nitrogen and oxygen atoms in total. The Bertz CT molecular complexity index is 2060. The zero-order valence-electron chi connectivity index (χ0n) is 32.8. The van der Waals surface area contributed by atoms with Gasteiger partial charge in [-0.2, -0.15) is 10.2 Å². The molecule has 0 aliphatic heterocycles. The number of hydrogen-bond acceptors (Lipinski definition) is 6. The predicted molar refractivity (Wildman–Crippen MR) is 222 cm³/mol. The van der Waals surface area contributed by atoms with E-state index in [1.165, 1.54) is 0 Å². The zero-order chi connectivity index (χ0) is 40.0. The minimum Gasteiger partial charge on any atom is -0.289 e. The number of carbonyl (C=O) groups is 2. The highest BCUT2D eigenvalue weighted by atomic mass is 35.5. The quantitative estimate of drug-likeness (QED) is 0.282. The molecule has 0 unspecified atom stereocenters. The van der Waals surface area contributed by atoms with Crippen molar-refractivity contribution in [1.29, 1.82) is 0 Å². The SMILES string of the molecule is CC(N=Nc1cc(Cl)c(-c2cc(Cl)c(N=NC=C3C=C(C(C)(C)C)C(=O)C(C(C)(C)C)=C3)cc2Cl)cc1Cl)=C1C=C(C(C)(C)C)C(=O)C(C(C)(C)C)=C1. The number of carbonyl (C=O) groups excluding carboxylic acids is 2. The molecule has 0 N–H and O–H groups in total. The van der Waals surface area contributed by atoms with E-state index in [-0.39, 0.29) is 33.2 Å². The smallest absolute Gasteiger partial charge is 0.186 e. The Kier molecular flexibility index (Phi) is 12.3. The zero-order valence-corrected chi connectivity index (χ0v) is 35.8. The molecule has 4 rings (SSSR count). The van der Waals surface area contributed by atoms with Crippen LogP contribution in [0.4, 0.5) is 11.4 Å². The van der Waals surface area contributed by atoms with Crippen LogP contribution < -0.4 is 0 Å². The fourth-order valence-electron chi connectivity index (χ4n) is 5.77. The molecule has 0 saturated heterocycles. The highest BCUT2D eigenvalue weighted by molar-refractivity contribution is 6.40. The second-order valence-electron chi connectivity index (χ2n) is 17.5. The van der Waals surface area contributed by atoms with Crippen molar-refractivity contribution < 1.29 is 9.59 Å². The van der Waals surface area contributed by atoms with Gasteiger partial charge < -0.3 is 0 Å². The fraction of sp³-hybridized carbons (Fsp3) is 0.395. The number of halogens is 4. The lowest BCUT2D eigenvalue weighted by Gasteiger charge is -2.31. The number of Topliss-reactive ketones (excluding diaryl/α,β-unsaturated/α-hetero) is 2. The lowest BCUT2D eigenvalue weighted by atomic mass is 9.72. The molecule has 0 heterocycles. The van der Waals surface area contributed by atoms with Gasteiger partial charge >= 0.3 is 0 Å². The fourth-order valence-corrected chi connectivity index (χ4v) is 6.70. The van der Waals surface area contributed by atoms with E-state index in [4.69, 9.17) is 46.4 Å². The molecule has 0 amide bonds. The summed E-state index contributed by atoms with van der Waals surface area (Å²) in [7, 11) is 0. The second-order valence-corrected chi connectivity index (χ2v) is 19.2. The maximum atomic E-state index is 13.4. The number of nitrogens with zero attached hydrogens (tertiary/aromatic N) is 4. The molecule has 280 valence electrons. The van der Waals surface area contributed by atoms with Crippen LogP contribution in [-0.2, 0) is 9.59 Å². The van der Waals surface area contributed by atoms with Crippen LogP contribution >= 0.6 is 46.4 Å². The molecule has 2 aliphatic carbocycles. The van der Waals surface area contributed by atoms with Gasteiger partial charge in [-0.25, -0.2) is 0 Å². The first kappa shape index (κ1) is 42.3. The summed E-state index contributed by atoms with van der Waals surface area (Å²) in [5.41, 5.74) is 5.52. The van der Waals surface area contributed by atoms with Crippen LogP contribution in [0.25, 0.3) is 11.1 Å². The number of rotatable bonds is 5. The van der Waals surface area contributed by atoms with E-state index in [9.17, 15) is 9.59 Å². The maximum Gasteiger partial charge on any atom is 0.186 e. The molecular weight excluding hydrogens is 746 g/mol. The molecule has 0 bridgehead atoms. The summed E-state index contributed by atoms with van der Waals surface area (Å²) in [5.74, 6) is 0.0952. The highest BCUT2D eigenvalue weighted by Crippen LogP contribution is 2.44. The van der Waals surface area contributed by atoms with Crippen molar-refractivity contribution in [2.45, 2.75) is 90.0 Å². The molecule has 0 atom stereocenters. The Morgan fingerprint density at radius 2 is 0.887 bits per heavy atom. The van der Waals surface area contributed by atoms with Crippen LogP contribution in [0, 0.1) is 21.7 Å². The van der Waals surface area contributed by atoms with Gasteiger partial charge in [-0.1, -0.05) is 129 Å². The third kappa shape index (κ3) is 9.82. The van der Waals surface area contributed by atoms with Gasteiger partial charge in [-0.3, -0.25) is 9.59 Å². The van der Waals surface area contributed by atoms with Gasteiger partial charge in [0.05, 0.1) is 32.0 Å². The first-order valence-electron chi connectivity index (χ1n) is 17.4. The average molecular weight is 795 g/mol. The lowest BCUT2D eigenvalue weighted by Crippen LogP contribution is -2.28. The molecule has 0 spiro atoms. The number of ketones is 2. The van der Waals surface area contributed by atoms with Gasteiger partial charge in [-0.15, -0.1) is 10.2 Å². The van der Waals surface area contributed by atoms with Gasteiger partial charge in [0.1, 0.15) is 11.4 Å². The van der Waals surface area contributed by atoms with Crippen molar-refractivity contribution in [2.24, 2.45) is 42.1 Å². The van der Waals surface area contributed by atoms with Crippen molar-refractivity contribution in [2.75, 3.05) is 0 Å². The summed E-state index contributed by atoms with van der Waals surface area (Å²) < 4.78 is 0. The standard InChI is InChI=1S/C43H48Cl4N4O2/c1-23(25-16-30(42(8,9)10)39(53)31(17-25)43(11,12)13)49-51-37-21-33(45)27(19-35(37)47)26-18-34(46)36(20-32(26)44)50-48-22-24-14-28(40(2,3)4)38(52)29(15-24)41(5,6)7/h14-22H,1-13H3. The number of allylic oxidation sites excluding steroid dienone is 11. The lowest BCUT2D eigenvalue weighted by molar-refractivity contribution is -0.114. The van der Waals surface area contributed by atoms with Crippen LogP contribution in [-0.4, -0.2) is 11.6 Å². The Balaban J connectivity index is 1.66. The van der Waals surface area contributed by atoms with Gasteiger partial charge in [-0.05, 0) is 88.3 Å². The summed E-state index contributed by atoms with van der Waals surface area (Å²) in [4.78, 5) is 26.6. The first-order chi connectivity index (χ1) is 24.2. The van der Waals surface area contributed by atoms with Crippen molar-refractivity contribution in [1.82, 2.24) is 0 Å². The number of azo groups is 2. The first-order valence-corrected chi connectivity index (χ1v) is 18.9. The van der Waals surface area contributed by atoms with E-state index in [0.717, 1.165) is 22.3 Å². The van der Waals surface area contributed by atoms with Crippen LogP contribution in [0.2, 0.25) is 20.1 Å². The Labute approximate surface area is 334 Å². The Hall–Kier alpha value is -3.42. The normalized spacial score (nSPS) is 16.3. The van der Waals surface area contributed by atoms with E-state index < -0.39 is 0 Å². The third-order valence-electron chi connectivity index (χ3n) is 8.89. The third-order valence-corrected chi connectivity index (χ3v) is 10.1. The van der Waals surface area contributed by atoms with Crippen molar-refractivity contribution in [3.05, 3.63) is 114 Å². The van der Waals surface area contributed by atoms with Crippen molar-refractivity contribution in [3.8, 4) is 11.1 Å². The van der Waals surface area contributed by atoms with Crippen LogP contribution in [0.5, 0.6) is 0 Å². The monoisotopic (exact) mass is 792 g/mol. The van der Waals surface area contributed by atoms with Gasteiger partial charge in [0.2, 0.25) is 0 Å².